The third-order valence-electron chi connectivity index (χ3n) is 2.97. The fraction of sp³-hybridized carbons (Fsp3) is 0.182. The summed E-state index contributed by atoms with van der Waals surface area (Å²) in [6.45, 7) is 0.0501. The Balaban J connectivity index is 1.95. The van der Waals surface area contributed by atoms with E-state index in [1.54, 1.807) is 7.05 Å². The summed E-state index contributed by atoms with van der Waals surface area (Å²) in [6, 6.07) is 1.48. The maximum Gasteiger partial charge on any atom is 0.281 e. The van der Waals surface area contributed by atoms with Crippen LogP contribution in [0.25, 0.3) is 11.0 Å². The number of hydrogen-bond acceptors (Lipinski definition) is 7. The molecule has 0 atom stereocenters. The van der Waals surface area contributed by atoms with Crippen LogP contribution < -0.4 is 16.8 Å². The largest absolute Gasteiger partial charge is 0.467 e. The molecular weight excluding hydrogens is 278 g/mol. The molecule has 0 saturated heterocycles. The number of carbonyl (C=O) groups excluding carboxylic acids is 1. The van der Waals surface area contributed by atoms with Gasteiger partial charge in [-0.3, -0.25) is 15.0 Å². The monoisotopic (exact) mass is 289 g/mol. The van der Waals surface area contributed by atoms with Crippen molar-refractivity contribution in [2.24, 2.45) is 12.9 Å². The molecule has 108 valence electrons. The van der Waals surface area contributed by atoms with Crippen LogP contribution in [0.5, 0.6) is 0 Å². The summed E-state index contributed by atoms with van der Waals surface area (Å²) in [4.78, 5) is 23.5. The lowest BCUT2D eigenvalue weighted by Crippen LogP contribution is -2.29. The number of fused-ring (bicyclic) bond motifs is 1. The number of furan rings is 1. The number of amides is 1. The van der Waals surface area contributed by atoms with Crippen molar-refractivity contribution in [3.05, 3.63) is 40.2 Å². The summed E-state index contributed by atoms with van der Waals surface area (Å²) < 4.78 is 7.79. The van der Waals surface area contributed by atoms with E-state index in [0.717, 1.165) is 4.68 Å². The highest BCUT2D eigenvalue weighted by Gasteiger charge is 2.13. The standard InChI is InChI=1S/C11H11N7O3/c1-17-9-8(3-13-17)11(20)18(16-15-9)4-7-2-6(5-21-7)10(19)14-12/h2-3,5H,4,12H2,1H3,(H,14,19). The summed E-state index contributed by atoms with van der Waals surface area (Å²) in [5, 5.41) is 12.1. The fourth-order valence-electron chi connectivity index (χ4n) is 1.89. The maximum atomic E-state index is 12.2. The van der Waals surface area contributed by atoms with Crippen LogP contribution in [0.4, 0.5) is 0 Å². The van der Waals surface area contributed by atoms with Gasteiger partial charge in [-0.1, -0.05) is 5.21 Å². The Morgan fingerprint density at radius 3 is 3.10 bits per heavy atom. The Morgan fingerprint density at radius 1 is 1.52 bits per heavy atom. The molecule has 3 rings (SSSR count). The molecule has 3 aromatic heterocycles. The molecule has 0 spiro atoms. The first-order chi connectivity index (χ1) is 10.1. The SMILES string of the molecule is Cn1ncc2c(=O)n(Cc3cc(C(=O)NN)co3)nnc21. The lowest BCUT2D eigenvalue weighted by Gasteiger charge is -2.00. The van der Waals surface area contributed by atoms with Crippen molar-refractivity contribution < 1.29 is 9.21 Å². The molecule has 10 heteroatoms. The van der Waals surface area contributed by atoms with Crippen molar-refractivity contribution in [2.75, 3.05) is 0 Å². The fourth-order valence-corrected chi connectivity index (χ4v) is 1.89. The number of rotatable bonds is 3. The Kier molecular flexibility index (Phi) is 2.99. The summed E-state index contributed by atoms with van der Waals surface area (Å²) in [6.07, 6.45) is 2.68. The average Bonchev–Trinajstić information content (AvgIpc) is 3.09. The van der Waals surface area contributed by atoms with Gasteiger partial charge in [0.2, 0.25) is 0 Å². The van der Waals surface area contributed by atoms with Gasteiger partial charge in [-0.25, -0.2) is 15.2 Å². The van der Waals surface area contributed by atoms with Gasteiger partial charge < -0.3 is 4.42 Å². The molecule has 0 aromatic carbocycles. The van der Waals surface area contributed by atoms with Gasteiger partial charge in [0, 0.05) is 7.05 Å². The molecule has 0 fully saturated rings. The number of nitrogens with two attached hydrogens (primary N) is 1. The predicted molar refractivity (Wildman–Crippen MR) is 70.0 cm³/mol. The molecule has 0 unspecified atom stereocenters. The van der Waals surface area contributed by atoms with Gasteiger partial charge in [0.1, 0.15) is 24.0 Å². The molecule has 3 heterocycles. The van der Waals surface area contributed by atoms with E-state index in [0.29, 0.717) is 16.8 Å². The van der Waals surface area contributed by atoms with E-state index in [-0.39, 0.29) is 17.7 Å². The van der Waals surface area contributed by atoms with Crippen molar-refractivity contribution in [3.8, 4) is 0 Å². The molecule has 0 aliphatic rings. The zero-order valence-corrected chi connectivity index (χ0v) is 11.0. The Labute approximate surface area is 117 Å². The molecule has 3 aromatic rings. The van der Waals surface area contributed by atoms with Crippen LogP contribution >= 0.6 is 0 Å². The van der Waals surface area contributed by atoms with Gasteiger partial charge in [-0.15, -0.1) is 5.10 Å². The number of nitrogens with zero attached hydrogens (tertiary/aromatic N) is 5. The number of nitrogen functional groups attached to an aromatic ring is 1. The Morgan fingerprint density at radius 2 is 2.33 bits per heavy atom. The molecule has 21 heavy (non-hydrogen) atoms. The lowest BCUT2D eigenvalue weighted by atomic mass is 10.3. The molecule has 0 radical (unpaired) electrons. The molecule has 3 N–H and O–H groups in total. The Hall–Kier alpha value is -3.01. The number of hydrazine groups is 1. The van der Waals surface area contributed by atoms with Crippen molar-refractivity contribution >= 4 is 16.9 Å². The molecule has 0 saturated carbocycles. The number of hydrogen-bond donors (Lipinski definition) is 2. The van der Waals surface area contributed by atoms with Crippen molar-refractivity contribution in [1.82, 2.24) is 30.2 Å². The van der Waals surface area contributed by atoms with Crippen LogP contribution in [0.15, 0.2) is 27.7 Å². The minimum absolute atomic E-state index is 0.0501. The van der Waals surface area contributed by atoms with Crippen molar-refractivity contribution in [1.29, 1.82) is 0 Å². The molecular formula is C11H11N7O3. The van der Waals surface area contributed by atoms with Gasteiger partial charge >= 0.3 is 0 Å². The summed E-state index contributed by atoms with van der Waals surface area (Å²) in [7, 11) is 1.67. The van der Waals surface area contributed by atoms with Gasteiger partial charge in [0.15, 0.2) is 5.65 Å². The van der Waals surface area contributed by atoms with Gasteiger partial charge in [-0.2, -0.15) is 5.10 Å². The van der Waals surface area contributed by atoms with E-state index in [1.807, 2.05) is 5.43 Å². The molecule has 1 amide bonds. The summed E-state index contributed by atoms with van der Waals surface area (Å²) >= 11 is 0. The van der Waals surface area contributed by atoms with Crippen LogP contribution in [0.2, 0.25) is 0 Å². The maximum absolute atomic E-state index is 12.2. The van der Waals surface area contributed by atoms with Gasteiger partial charge in [0.25, 0.3) is 11.5 Å². The first kappa shape index (κ1) is 13.0. The Bertz CT molecular complexity index is 875. The molecule has 0 aliphatic heterocycles. The van der Waals surface area contributed by atoms with Crippen LogP contribution in [0.3, 0.4) is 0 Å². The lowest BCUT2D eigenvalue weighted by molar-refractivity contribution is 0.0953. The molecule has 0 bridgehead atoms. The quantitative estimate of drug-likeness (QED) is 0.350. The number of aryl methyl sites for hydroxylation is 1. The second-order valence-corrected chi connectivity index (χ2v) is 4.33. The van der Waals surface area contributed by atoms with E-state index in [9.17, 15) is 9.59 Å². The highest BCUT2D eigenvalue weighted by Crippen LogP contribution is 2.09. The minimum Gasteiger partial charge on any atom is -0.467 e. The normalized spacial score (nSPS) is 11.0. The second-order valence-electron chi connectivity index (χ2n) is 4.33. The van der Waals surface area contributed by atoms with Gasteiger partial charge in [-0.05, 0) is 6.07 Å². The van der Waals surface area contributed by atoms with E-state index >= 15 is 0 Å². The second kappa shape index (κ2) is 4.83. The third kappa shape index (κ3) is 2.17. The zero-order chi connectivity index (χ0) is 15.0. The van der Waals surface area contributed by atoms with Crippen molar-refractivity contribution in [3.63, 3.8) is 0 Å². The van der Waals surface area contributed by atoms with E-state index in [4.69, 9.17) is 10.3 Å². The van der Waals surface area contributed by atoms with Crippen LogP contribution in [0.1, 0.15) is 16.1 Å². The number of nitrogens with one attached hydrogen (secondary N) is 1. The van der Waals surface area contributed by atoms with Crippen molar-refractivity contribution in [2.45, 2.75) is 6.54 Å². The summed E-state index contributed by atoms with van der Waals surface area (Å²) in [5.74, 6) is 4.93. The average molecular weight is 289 g/mol. The molecule has 0 aliphatic carbocycles. The smallest absolute Gasteiger partial charge is 0.281 e. The predicted octanol–water partition coefficient (Wildman–Crippen LogP) is -1.23. The van der Waals surface area contributed by atoms with Crippen LogP contribution in [-0.4, -0.2) is 30.7 Å². The van der Waals surface area contributed by atoms with E-state index < -0.39 is 5.91 Å². The number of carbonyl (C=O) groups is 1. The first-order valence-electron chi connectivity index (χ1n) is 5.94. The van der Waals surface area contributed by atoms with Gasteiger partial charge in [0.05, 0.1) is 11.8 Å². The van der Waals surface area contributed by atoms with E-state index in [1.165, 1.54) is 23.2 Å². The number of aromatic nitrogens is 5. The zero-order valence-electron chi connectivity index (χ0n) is 11.0. The topological polar surface area (TPSA) is 134 Å². The summed E-state index contributed by atoms with van der Waals surface area (Å²) in [5.41, 5.74) is 2.31. The first-order valence-corrected chi connectivity index (χ1v) is 5.94. The van der Waals surface area contributed by atoms with Crippen LogP contribution in [-0.2, 0) is 13.6 Å². The highest BCUT2D eigenvalue weighted by atomic mass is 16.3. The third-order valence-corrected chi connectivity index (χ3v) is 2.97. The van der Waals surface area contributed by atoms with Crippen LogP contribution in [0, 0.1) is 0 Å². The minimum atomic E-state index is -0.480. The highest BCUT2D eigenvalue weighted by molar-refractivity contribution is 5.93. The molecule has 10 nitrogen and oxygen atoms in total. The van der Waals surface area contributed by atoms with E-state index in [2.05, 4.69) is 15.4 Å².